The van der Waals surface area contributed by atoms with Gasteiger partial charge in [-0.2, -0.15) is 13.2 Å². The molecule has 0 saturated heterocycles. The van der Waals surface area contributed by atoms with Gasteiger partial charge in [0.05, 0.1) is 7.11 Å². The molecule has 0 bridgehead atoms. The fraction of sp³-hybridized carbons (Fsp3) is 0.263. The molecule has 2 aromatic rings. The lowest BCUT2D eigenvalue weighted by Gasteiger charge is -2.32. The van der Waals surface area contributed by atoms with E-state index in [4.69, 9.17) is 4.74 Å². The number of carbonyl (C=O) groups is 2. The van der Waals surface area contributed by atoms with Crippen LogP contribution in [0.4, 0.5) is 13.2 Å². The Labute approximate surface area is 154 Å². The topological polar surface area (TPSA) is 43.4 Å². The highest BCUT2D eigenvalue weighted by atomic mass is 32.1. The summed E-state index contributed by atoms with van der Waals surface area (Å²) >= 11 is 3.80. The SMILES string of the molecule is COc1cccc([C@](Cc2ccccc2)(C(C)=O)C(=O)S)c1C(F)(F)F. The Bertz CT molecular complexity index is 803. The summed E-state index contributed by atoms with van der Waals surface area (Å²) in [5.74, 6) is -1.18. The summed E-state index contributed by atoms with van der Waals surface area (Å²) in [5.41, 5.74) is -3.14. The maximum absolute atomic E-state index is 13.8. The zero-order chi connectivity index (χ0) is 19.5. The first-order chi connectivity index (χ1) is 12.1. The van der Waals surface area contributed by atoms with E-state index in [2.05, 4.69) is 12.6 Å². The summed E-state index contributed by atoms with van der Waals surface area (Å²) in [5, 5.41) is -0.951. The molecular weight excluding hydrogens is 365 g/mol. The van der Waals surface area contributed by atoms with Crippen molar-refractivity contribution >= 4 is 23.5 Å². The van der Waals surface area contributed by atoms with Gasteiger partial charge in [0.2, 0.25) is 5.12 Å². The van der Waals surface area contributed by atoms with Crippen molar-refractivity contribution in [3.8, 4) is 5.75 Å². The highest BCUT2D eigenvalue weighted by Crippen LogP contribution is 2.45. The molecule has 1 atom stereocenters. The number of benzene rings is 2. The number of alkyl halides is 3. The maximum Gasteiger partial charge on any atom is 0.420 e. The number of methoxy groups -OCH3 is 1. The zero-order valence-corrected chi connectivity index (χ0v) is 15.0. The molecule has 2 rings (SSSR count). The van der Waals surface area contributed by atoms with Crippen LogP contribution >= 0.6 is 12.6 Å². The summed E-state index contributed by atoms with van der Waals surface area (Å²) < 4.78 is 46.1. The van der Waals surface area contributed by atoms with E-state index in [0.717, 1.165) is 26.2 Å². The number of rotatable bonds is 6. The van der Waals surface area contributed by atoms with Crippen LogP contribution in [-0.2, 0) is 27.6 Å². The van der Waals surface area contributed by atoms with Gasteiger partial charge in [0.1, 0.15) is 22.5 Å². The molecule has 2 aromatic carbocycles. The predicted octanol–water partition coefficient (Wildman–Crippen LogP) is 4.24. The van der Waals surface area contributed by atoms with Crippen LogP contribution in [0.2, 0.25) is 0 Å². The molecule has 7 heteroatoms. The Balaban J connectivity index is 2.83. The minimum atomic E-state index is -4.82. The minimum absolute atomic E-state index is 0.234. The number of halogens is 3. The van der Waals surface area contributed by atoms with E-state index in [1.807, 2.05) is 0 Å². The normalized spacial score (nSPS) is 13.8. The summed E-state index contributed by atoms with van der Waals surface area (Å²) in [6.07, 6.45) is -5.05. The average molecular weight is 382 g/mol. The van der Waals surface area contributed by atoms with E-state index in [1.165, 1.54) is 6.07 Å². The van der Waals surface area contributed by atoms with E-state index in [9.17, 15) is 22.8 Å². The molecular formula is C19H17F3O3S. The molecule has 138 valence electrons. The number of Topliss-reactive ketones (excluding diaryl/α,β-unsaturated/α-hetero) is 1. The first-order valence-electron chi connectivity index (χ1n) is 7.67. The van der Waals surface area contributed by atoms with Crippen molar-refractivity contribution in [2.75, 3.05) is 7.11 Å². The van der Waals surface area contributed by atoms with Crippen LogP contribution in [-0.4, -0.2) is 18.0 Å². The lowest BCUT2D eigenvalue weighted by Crippen LogP contribution is -2.44. The standard InChI is InChI=1S/C19H17F3O3S/c1-12(23)18(17(24)26,11-13-7-4-3-5-8-13)14-9-6-10-15(25-2)16(14)19(20,21)22/h3-10H,11H2,1-2H3,(H,24,26)/t18-/m0/s1. The largest absolute Gasteiger partial charge is 0.496 e. The highest BCUT2D eigenvalue weighted by molar-refractivity contribution is 7.97. The zero-order valence-electron chi connectivity index (χ0n) is 14.1. The van der Waals surface area contributed by atoms with E-state index >= 15 is 0 Å². The second-order valence-corrected chi connectivity index (χ2v) is 6.22. The minimum Gasteiger partial charge on any atom is -0.496 e. The molecule has 0 radical (unpaired) electrons. The predicted molar refractivity (Wildman–Crippen MR) is 94.5 cm³/mol. The molecule has 0 saturated carbocycles. The van der Waals surface area contributed by atoms with Gasteiger partial charge in [0.25, 0.3) is 0 Å². The molecule has 0 aliphatic carbocycles. The van der Waals surface area contributed by atoms with Gasteiger partial charge in [-0.1, -0.05) is 42.5 Å². The van der Waals surface area contributed by atoms with Gasteiger partial charge in [-0.3, -0.25) is 9.59 Å². The summed E-state index contributed by atoms with van der Waals surface area (Å²) in [6.45, 7) is 1.09. The molecule has 0 heterocycles. The summed E-state index contributed by atoms with van der Waals surface area (Å²) in [7, 11) is 1.10. The number of carbonyl (C=O) groups excluding carboxylic acids is 2. The highest BCUT2D eigenvalue weighted by Gasteiger charge is 2.50. The number of thiol groups is 1. The third kappa shape index (κ3) is 3.62. The van der Waals surface area contributed by atoms with Gasteiger partial charge in [-0.25, -0.2) is 0 Å². The van der Waals surface area contributed by atoms with Crippen molar-refractivity contribution in [2.45, 2.75) is 24.9 Å². The molecule has 26 heavy (non-hydrogen) atoms. The molecule has 0 aliphatic heterocycles. The fourth-order valence-electron chi connectivity index (χ4n) is 3.00. The molecule has 3 nitrogen and oxygen atoms in total. The molecule has 0 aromatic heterocycles. The lowest BCUT2D eigenvalue weighted by atomic mass is 9.71. The Kier molecular flexibility index (Phi) is 5.81. The van der Waals surface area contributed by atoms with Crippen molar-refractivity contribution in [1.82, 2.24) is 0 Å². The van der Waals surface area contributed by atoms with Crippen LogP contribution < -0.4 is 4.74 Å². The van der Waals surface area contributed by atoms with E-state index in [1.54, 1.807) is 30.3 Å². The Morgan fingerprint density at radius 1 is 1.04 bits per heavy atom. The van der Waals surface area contributed by atoms with Crippen LogP contribution in [0.3, 0.4) is 0 Å². The van der Waals surface area contributed by atoms with Crippen LogP contribution in [0, 0.1) is 0 Å². The van der Waals surface area contributed by atoms with Crippen molar-refractivity contribution in [3.63, 3.8) is 0 Å². The van der Waals surface area contributed by atoms with Crippen molar-refractivity contribution in [1.29, 1.82) is 0 Å². The quantitative estimate of drug-likeness (QED) is 0.600. The second kappa shape index (κ2) is 7.53. The van der Waals surface area contributed by atoms with Crippen LogP contribution in [0.1, 0.15) is 23.6 Å². The first-order valence-corrected chi connectivity index (χ1v) is 8.12. The van der Waals surface area contributed by atoms with Crippen molar-refractivity contribution in [3.05, 3.63) is 65.2 Å². The molecule has 0 fully saturated rings. The molecule has 0 N–H and O–H groups in total. The third-order valence-corrected chi connectivity index (χ3v) is 4.65. The molecule has 0 aliphatic rings. The van der Waals surface area contributed by atoms with E-state index in [0.29, 0.717) is 5.56 Å². The van der Waals surface area contributed by atoms with Crippen molar-refractivity contribution in [2.24, 2.45) is 0 Å². The van der Waals surface area contributed by atoms with Crippen LogP contribution in [0.15, 0.2) is 48.5 Å². The first kappa shape index (κ1) is 20.0. The van der Waals surface area contributed by atoms with E-state index < -0.39 is 39.4 Å². The van der Waals surface area contributed by atoms with Gasteiger partial charge >= 0.3 is 6.18 Å². The lowest BCUT2D eigenvalue weighted by molar-refractivity contribution is -0.141. The van der Waals surface area contributed by atoms with Crippen LogP contribution in [0.25, 0.3) is 0 Å². The van der Waals surface area contributed by atoms with Crippen molar-refractivity contribution < 1.29 is 27.5 Å². The summed E-state index contributed by atoms with van der Waals surface area (Å²) in [6, 6.07) is 12.0. The van der Waals surface area contributed by atoms with Gasteiger partial charge < -0.3 is 4.74 Å². The second-order valence-electron chi connectivity index (χ2n) is 5.81. The average Bonchev–Trinajstić information content (AvgIpc) is 2.58. The monoisotopic (exact) mass is 382 g/mol. The van der Waals surface area contributed by atoms with Gasteiger partial charge in [0, 0.05) is 0 Å². The molecule has 0 amide bonds. The third-order valence-electron chi connectivity index (χ3n) is 4.27. The number of hydrogen-bond donors (Lipinski definition) is 1. The number of hydrogen-bond acceptors (Lipinski definition) is 3. The van der Waals surface area contributed by atoms with E-state index in [-0.39, 0.29) is 6.42 Å². The maximum atomic E-state index is 13.8. The Hall–Kier alpha value is -2.28. The fourth-order valence-corrected chi connectivity index (χ4v) is 3.36. The summed E-state index contributed by atoms with van der Waals surface area (Å²) in [4.78, 5) is 24.9. The molecule has 0 spiro atoms. The van der Waals surface area contributed by atoms with Crippen LogP contribution in [0.5, 0.6) is 5.75 Å². The van der Waals surface area contributed by atoms with Gasteiger partial charge in [0.15, 0.2) is 0 Å². The Morgan fingerprint density at radius 2 is 1.65 bits per heavy atom. The molecule has 0 unspecified atom stereocenters. The van der Waals surface area contributed by atoms with Gasteiger partial charge in [-0.05, 0) is 30.5 Å². The van der Waals surface area contributed by atoms with Gasteiger partial charge in [-0.15, -0.1) is 12.6 Å². The number of ketones is 1. The smallest absolute Gasteiger partial charge is 0.420 e. The number of ether oxygens (including phenoxy) is 1. The Morgan fingerprint density at radius 3 is 2.12 bits per heavy atom.